The maximum atomic E-state index is 13.5. The summed E-state index contributed by atoms with van der Waals surface area (Å²) in [6.45, 7) is 1.73. The Labute approximate surface area is 213 Å². The zero-order valence-corrected chi connectivity index (χ0v) is 20.7. The third-order valence-electron chi connectivity index (χ3n) is 6.41. The van der Waals surface area contributed by atoms with E-state index in [2.05, 4.69) is 10.0 Å². The van der Waals surface area contributed by atoms with Crippen molar-refractivity contribution in [3.8, 4) is 0 Å². The van der Waals surface area contributed by atoms with Gasteiger partial charge in [0.15, 0.2) is 0 Å². The standard InChI is InChI=1S/C30H22N2O4S/c1-19-28(30(33)31-22-11-3-2-4-12-22)26-18-27(24-13-7-8-14-25(24)29(26)36-19)32-37(34,35)23-16-15-20-9-5-6-10-21(20)17-23/h2-18,32H,1H3,(H,31,33). The van der Waals surface area contributed by atoms with Gasteiger partial charge < -0.3 is 9.73 Å². The minimum absolute atomic E-state index is 0.154. The van der Waals surface area contributed by atoms with Crippen molar-refractivity contribution >= 4 is 59.8 Å². The molecule has 0 spiro atoms. The molecule has 0 saturated carbocycles. The molecule has 0 radical (unpaired) electrons. The summed E-state index contributed by atoms with van der Waals surface area (Å²) in [5.74, 6) is 0.115. The Morgan fingerprint density at radius 1 is 0.730 bits per heavy atom. The van der Waals surface area contributed by atoms with Gasteiger partial charge in [-0.2, -0.15) is 0 Å². The first-order valence-corrected chi connectivity index (χ1v) is 13.2. The number of rotatable bonds is 5. The Kier molecular flexibility index (Phi) is 5.43. The molecule has 0 fully saturated rings. The van der Waals surface area contributed by atoms with Gasteiger partial charge in [-0.05, 0) is 48.0 Å². The van der Waals surface area contributed by atoms with E-state index >= 15 is 0 Å². The van der Waals surface area contributed by atoms with Crippen LogP contribution in [0.2, 0.25) is 0 Å². The molecule has 0 aliphatic heterocycles. The maximum Gasteiger partial charge on any atom is 0.261 e. The average molecular weight is 507 g/mol. The van der Waals surface area contributed by atoms with Crippen LogP contribution < -0.4 is 10.0 Å². The van der Waals surface area contributed by atoms with Crippen molar-refractivity contribution in [1.29, 1.82) is 0 Å². The summed E-state index contributed by atoms with van der Waals surface area (Å²) in [4.78, 5) is 13.4. The normalized spacial score (nSPS) is 11.7. The van der Waals surface area contributed by atoms with Gasteiger partial charge in [0.05, 0.1) is 16.1 Å². The van der Waals surface area contributed by atoms with E-state index in [1.54, 1.807) is 43.3 Å². The summed E-state index contributed by atoms with van der Waals surface area (Å²) < 4.78 is 35.8. The van der Waals surface area contributed by atoms with Gasteiger partial charge >= 0.3 is 0 Å². The van der Waals surface area contributed by atoms with Crippen molar-refractivity contribution < 1.29 is 17.6 Å². The van der Waals surface area contributed by atoms with Gasteiger partial charge in [0.25, 0.3) is 15.9 Å². The van der Waals surface area contributed by atoms with Crippen LogP contribution in [0, 0.1) is 6.92 Å². The van der Waals surface area contributed by atoms with Crippen LogP contribution in [0.4, 0.5) is 11.4 Å². The van der Waals surface area contributed by atoms with Gasteiger partial charge in [-0.3, -0.25) is 9.52 Å². The highest BCUT2D eigenvalue weighted by Crippen LogP contribution is 2.38. The second kappa shape index (κ2) is 8.80. The van der Waals surface area contributed by atoms with E-state index in [1.807, 2.05) is 66.7 Å². The highest BCUT2D eigenvalue weighted by Gasteiger charge is 2.23. The number of hydrogen-bond donors (Lipinski definition) is 2. The van der Waals surface area contributed by atoms with Gasteiger partial charge in [0.2, 0.25) is 0 Å². The van der Waals surface area contributed by atoms with Crippen LogP contribution in [0.25, 0.3) is 32.5 Å². The van der Waals surface area contributed by atoms with Crippen LogP contribution in [0.15, 0.2) is 112 Å². The number of benzene rings is 5. The van der Waals surface area contributed by atoms with Crippen LogP contribution in [0.1, 0.15) is 16.1 Å². The number of nitrogens with one attached hydrogen (secondary N) is 2. The maximum absolute atomic E-state index is 13.5. The molecule has 182 valence electrons. The topological polar surface area (TPSA) is 88.4 Å². The Morgan fingerprint density at radius 2 is 1.41 bits per heavy atom. The van der Waals surface area contributed by atoms with Gasteiger partial charge in [0, 0.05) is 21.8 Å². The number of sulfonamides is 1. The molecule has 6 nitrogen and oxygen atoms in total. The molecule has 0 bridgehead atoms. The summed E-state index contributed by atoms with van der Waals surface area (Å²) in [5.41, 5.74) is 1.90. The summed E-state index contributed by atoms with van der Waals surface area (Å²) in [5, 5.41) is 6.59. The largest absolute Gasteiger partial charge is 0.460 e. The van der Waals surface area contributed by atoms with Crippen molar-refractivity contribution in [3.05, 3.63) is 114 Å². The fourth-order valence-electron chi connectivity index (χ4n) is 4.66. The fourth-order valence-corrected chi connectivity index (χ4v) is 5.76. The first kappa shape index (κ1) is 22.8. The summed E-state index contributed by atoms with van der Waals surface area (Å²) in [6, 6.07) is 30.8. The second-order valence-electron chi connectivity index (χ2n) is 8.81. The zero-order valence-electron chi connectivity index (χ0n) is 19.9. The summed E-state index contributed by atoms with van der Waals surface area (Å²) in [7, 11) is -3.92. The molecule has 1 amide bonds. The molecule has 7 heteroatoms. The van der Waals surface area contributed by atoms with Crippen molar-refractivity contribution in [3.63, 3.8) is 0 Å². The molecule has 0 saturated heterocycles. The van der Waals surface area contributed by atoms with Gasteiger partial charge in [-0.25, -0.2) is 8.42 Å². The summed E-state index contributed by atoms with van der Waals surface area (Å²) in [6.07, 6.45) is 0. The molecule has 1 heterocycles. The Bertz CT molecular complexity index is 1930. The number of hydrogen-bond acceptors (Lipinski definition) is 4. The lowest BCUT2D eigenvalue weighted by molar-refractivity contribution is 0.102. The molecule has 5 aromatic carbocycles. The molecular formula is C30H22N2O4S. The van der Waals surface area contributed by atoms with E-state index in [0.717, 1.165) is 10.8 Å². The third kappa shape index (κ3) is 4.09. The second-order valence-corrected chi connectivity index (χ2v) is 10.5. The lowest BCUT2D eigenvalue weighted by Gasteiger charge is -2.12. The molecule has 6 aromatic rings. The van der Waals surface area contributed by atoms with E-state index < -0.39 is 10.0 Å². The molecule has 0 atom stereocenters. The minimum Gasteiger partial charge on any atom is -0.460 e. The van der Waals surface area contributed by atoms with Gasteiger partial charge in [0.1, 0.15) is 11.3 Å². The number of amides is 1. The number of carbonyl (C=O) groups is 1. The SMILES string of the molecule is Cc1oc2c(cc(NS(=O)(=O)c3ccc4ccccc4c3)c3ccccc32)c1C(=O)Nc1ccccc1. The van der Waals surface area contributed by atoms with Crippen LogP contribution in [0.5, 0.6) is 0 Å². The molecule has 0 aliphatic carbocycles. The van der Waals surface area contributed by atoms with E-state index in [-0.39, 0.29) is 10.8 Å². The minimum atomic E-state index is -3.92. The van der Waals surface area contributed by atoms with Gasteiger partial charge in [-0.15, -0.1) is 0 Å². The molecule has 0 unspecified atom stereocenters. The Morgan fingerprint density at radius 3 is 2.19 bits per heavy atom. The van der Waals surface area contributed by atoms with E-state index in [1.165, 1.54) is 0 Å². The molecule has 0 aliphatic rings. The smallest absolute Gasteiger partial charge is 0.261 e. The fraction of sp³-hybridized carbons (Fsp3) is 0.0333. The highest BCUT2D eigenvalue weighted by atomic mass is 32.2. The predicted octanol–water partition coefficient (Wildman–Crippen LogP) is 7.10. The quantitative estimate of drug-likeness (QED) is 0.261. The van der Waals surface area contributed by atoms with E-state index in [0.29, 0.717) is 44.4 Å². The Balaban J connectivity index is 1.48. The number of anilines is 2. The van der Waals surface area contributed by atoms with Crippen LogP contribution in [0.3, 0.4) is 0 Å². The molecule has 1 aromatic heterocycles. The van der Waals surface area contributed by atoms with Crippen LogP contribution >= 0.6 is 0 Å². The van der Waals surface area contributed by atoms with E-state index in [4.69, 9.17) is 4.42 Å². The molecule has 6 rings (SSSR count). The third-order valence-corrected chi connectivity index (χ3v) is 7.77. The van der Waals surface area contributed by atoms with Crippen molar-refractivity contribution in [2.24, 2.45) is 0 Å². The van der Waals surface area contributed by atoms with Crippen molar-refractivity contribution in [2.45, 2.75) is 11.8 Å². The number of para-hydroxylation sites is 1. The lowest BCUT2D eigenvalue weighted by Crippen LogP contribution is -2.14. The lowest BCUT2D eigenvalue weighted by atomic mass is 10.0. The van der Waals surface area contributed by atoms with Crippen molar-refractivity contribution in [2.75, 3.05) is 10.0 Å². The predicted molar refractivity (Wildman–Crippen MR) is 148 cm³/mol. The number of aryl methyl sites for hydroxylation is 1. The molecule has 37 heavy (non-hydrogen) atoms. The number of furan rings is 1. The monoisotopic (exact) mass is 506 g/mol. The highest BCUT2D eigenvalue weighted by molar-refractivity contribution is 7.92. The first-order valence-electron chi connectivity index (χ1n) is 11.7. The van der Waals surface area contributed by atoms with Crippen LogP contribution in [-0.4, -0.2) is 14.3 Å². The zero-order chi connectivity index (χ0) is 25.6. The van der Waals surface area contributed by atoms with Crippen LogP contribution in [-0.2, 0) is 10.0 Å². The van der Waals surface area contributed by atoms with Crippen molar-refractivity contribution in [1.82, 2.24) is 0 Å². The molecular weight excluding hydrogens is 484 g/mol. The molecule has 2 N–H and O–H groups in total. The first-order chi connectivity index (χ1) is 17.9. The average Bonchev–Trinajstić information content (AvgIpc) is 3.25. The summed E-state index contributed by atoms with van der Waals surface area (Å²) >= 11 is 0. The number of carbonyl (C=O) groups excluding carboxylic acids is 1. The van der Waals surface area contributed by atoms with E-state index in [9.17, 15) is 13.2 Å². The Hall–Kier alpha value is -4.62. The van der Waals surface area contributed by atoms with Gasteiger partial charge in [-0.1, -0.05) is 72.8 Å². The number of fused-ring (bicyclic) bond motifs is 4.